The molecule has 1 amide bonds. The molecular formula is C10H13N3O5. The zero-order chi connectivity index (χ0) is 13.5. The van der Waals surface area contributed by atoms with Crippen molar-refractivity contribution < 1.29 is 24.2 Å². The van der Waals surface area contributed by atoms with Crippen molar-refractivity contribution in [3.8, 4) is 0 Å². The molecule has 1 aromatic heterocycles. The number of nitrogens with one attached hydrogen (secondary N) is 2. The lowest BCUT2D eigenvalue weighted by Crippen LogP contribution is -2.41. The molecule has 0 aliphatic carbocycles. The molecule has 1 rings (SSSR count). The Morgan fingerprint density at radius 2 is 2.28 bits per heavy atom. The molecule has 0 aliphatic rings. The van der Waals surface area contributed by atoms with Crippen LogP contribution in [0.5, 0.6) is 0 Å². The lowest BCUT2D eigenvalue weighted by molar-refractivity contribution is -0.142. The number of ether oxygens (including phenoxy) is 1. The lowest BCUT2D eigenvalue weighted by Gasteiger charge is -2.12. The van der Waals surface area contributed by atoms with Crippen molar-refractivity contribution in [2.75, 3.05) is 7.11 Å². The van der Waals surface area contributed by atoms with Crippen LogP contribution in [0.4, 0.5) is 0 Å². The number of aromatic amines is 1. The van der Waals surface area contributed by atoms with E-state index in [1.165, 1.54) is 19.4 Å². The van der Waals surface area contributed by atoms with Crippen molar-refractivity contribution in [2.45, 2.75) is 18.9 Å². The highest BCUT2D eigenvalue weighted by atomic mass is 16.5. The van der Waals surface area contributed by atoms with E-state index in [1.807, 2.05) is 0 Å². The topological polar surface area (TPSA) is 121 Å². The Morgan fingerprint density at radius 1 is 1.56 bits per heavy atom. The fourth-order valence-electron chi connectivity index (χ4n) is 1.24. The van der Waals surface area contributed by atoms with Gasteiger partial charge in [0.05, 0.1) is 7.11 Å². The van der Waals surface area contributed by atoms with E-state index in [0.29, 0.717) is 0 Å². The third-order valence-corrected chi connectivity index (χ3v) is 2.21. The normalized spacial score (nSPS) is 11.6. The van der Waals surface area contributed by atoms with Gasteiger partial charge in [-0.2, -0.15) is 5.10 Å². The number of carbonyl (C=O) groups is 3. The minimum absolute atomic E-state index is 0.0398. The zero-order valence-electron chi connectivity index (χ0n) is 9.67. The van der Waals surface area contributed by atoms with Crippen LogP contribution in [-0.4, -0.2) is 46.3 Å². The van der Waals surface area contributed by atoms with Gasteiger partial charge in [-0.15, -0.1) is 0 Å². The summed E-state index contributed by atoms with van der Waals surface area (Å²) in [7, 11) is 1.21. The van der Waals surface area contributed by atoms with E-state index in [0.717, 1.165) is 0 Å². The number of hydrogen-bond acceptors (Lipinski definition) is 5. The molecular weight excluding hydrogens is 242 g/mol. The van der Waals surface area contributed by atoms with Crippen LogP contribution in [0.3, 0.4) is 0 Å². The van der Waals surface area contributed by atoms with Gasteiger partial charge in [0.2, 0.25) is 0 Å². The molecule has 0 spiro atoms. The standard InChI is InChI=1S/C10H13N3O5/c1-18-8(14)3-2-7(10(16)17)12-9(15)6-4-5-11-13-6/h4-5,7H,2-3H2,1H3,(H,11,13)(H,12,15)(H,16,17). The first kappa shape index (κ1) is 13.7. The quantitative estimate of drug-likeness (QED) is 0.592. The van der Waals surface area contributed by atoms with E-state index in [9.17, 15) is 14.4 Å². The highest BCUT2D eigenvalue weighted by Gasteiger charge is 2.22. The van der Waals surface area contributed by atoms with Gasteiger partial charge in [0.15, 0.2) is 0 Å². The van der Waals surface area contributed by atoms with Gasteiger partial charge in [0.1, 0.15) is 11.7 Å². The van der Waals surface area contributed by atoms with Crippen molar-refractivity contribution in [1.29, 1.82) is 0 Å². The maximum absolute atomic E-state index is 11.6. The summed E-state index contributed by atoms with van der Waals surface area (Å²) in [5, 5.41) is 17.2. The van der Waals surface area contributed by atoms with Crippen molar-refractivity contribution in [3.63, 3.8) is 0 Å². The van der Waals surface area contributed by atoms with Gasteiger partial charge in [-0.25, -0.2) is 4.79 Å². The molecule has 0 saturated heterocycles. The second-order valence-electron chi connectivity index (χ2n) is 3.45. The Balaban J connectivity index is 2.55. The first-order chi connectivity index (χ1) is 8.54. The largest absolute Gasteiger partial charge is 0.480 e. The summed E-state index contributed by atoms with van der Waals surface area (Å²) in [5.74, 6) is -2.34. The summed E-state index contributed by atoms with van der Waals surface area (Å²) in [4.78, 5) is 33.4. The number of carbonyl (C=O) groups excluding carboxylic acids is 2. The fraction of sp³-hybridized carbons (Fsp3) is 0.400. The second kappa shape index (κ2) is 6.38. The van der Waals surface area contributed by atoms with Gasteiger partial charge >= 0.3 is 11.9 Å². The van der Waals surface area contributed by atoms with Gasteiger partial charge in [-0.05, 0) is 12.5 Å². The van der Waals surface area contributed by atoms with E-state index in [1.54, 1.807) is 0 Å². The molecule has 0 radical (unpaired) electrons. The molecule has 1 atom stereocenters. The maximum atomic E-state index is 11.6. The number of aliphatic carboxylic acids is 1. The van der Waals surface area contributed by atoms with Crippen LogP contribution in [0, 0.1) is 0 Å². The fourth-order valence-corrected chi connectivity index (χ4v) is 1.24. The van der Waals surface area contributed by atoms with Crippen molar-refractivity contribution in [1.82, 2.24) is 15.5 Å². The van der Waals surface area contributed by atoms with Gasteiger partial charge in [0.25, 0.3) is 5.91 Å². The SMILES string of the molecule is COC(=O)CCC(NC(=O)c1ccn[nH]1)C(=O)O. The summed E-state index contributed by atoms with van der Waals surface area (Å²) >= 11 is 0. The van der Waals surface area contributed by atoms with E-state index in [2.05, 4.69) is 20.3 Å². The number of nitrogens with zero attached hydrogens (tertiary/aromatic N) is 1. The molecule has 1 heterocycles. The van der Waals surface area contributed by atoms with Crippen molar-refractivity contribution in [3.05, 3.63) is 18.0 Å². The smallest absolute Gasteiger partial charge is 0.326 e. The highest BCUT2D eigenvalue weighted by Crippen LogP contribution is 2.01. The summed E-state index contributed by atoms with van der Waals surface area (Å²) in [5.41, 5.74) is 0.152. The summed E-state index contributed by atoms with van der Waals surface area (Å²) < 4.78 is 4.40. The number of esters is 1. The van der Waals surface area contributed by atoms with Gasteiger partial charge in [-0.1, -0.05) is 0 Å². The van der Waals surface area contributed by atoms with Crippen LogP contribution in [0.1, 0.15) is 23.3 Å². The summed E-state index contributed by atoms with van der Waals surface area (Å²) in [6.45, 7) is 0. The number of aromatic nitrogens is 2. The predicted molar refractivity (Wildman–Crippen MR) is 58.7 cm³/mol. The molecule has 0 aliphatic heterocycles. The molecule has 1 aromatic rings. The van der Waals surface area contributed by atoms with Crippen LogP contribution in [0.2, 0.25) is 0 Å². The van der Waals surface area contributed by atoms with E-state index >= 15 is 0 Å². The minimum Gasteiger partial charge on any atom is -0.480 e. The molecule has 3 N–H and O–H groups in total. The number of carboxylic acids is 1. The first-order valence-electron chi connectivity index (χ1n) is 5.14. The Kier molecular flexibility index (Phi) is 4.85. The van der Waals surface area contributed by atoms with Gasteiger partial charge in [0, 0.05) is 12.6 Å². The van der Waals surface area contributed by atoms with Crippen molar-refractivity contribution >= 4 is 17.8 Å². The molecule has 0 aromatic carbocycles. The first-order valence-corrected chi connectivity index (χ1v) is 5.14. The zero-order valence-corrected chi connectivity index (χ0v) is 9.67. The molecule has 18 heavy (non-hydrogen) atoms. The molecule has 0 fully saturated rings. The predicted octanol–water partition coefficient (Wildman–Crippen LogP) is -0.454. The molecule has 8 nitrogen and oxygen atoms in total. The molecule has 0 bridgehead atoms. The Morgan fingerprint density at radius 3 is 2.78 bits per heavy atom. The molecule has 0 saturated carbocycles. The number of carboxylic acid groups (broad SMARTS) is 1. The van der Waals surface area contributed by atoms with Crippen LogP contribution in [-0.2, 0) is 14.3 Å². The number of rotatable bonds is 6. The Hall–Kier alpha value is -2.38. The van der Waals surface area contributed by atoms with Crippen LogP contribution in [0.15, 0.2) is 12.3 Å². The number of methoxy groups -OCH3 is 1. The summed E-state index contributed by atoms with van der Waals surface area (Å²) in [6.07, 6.45) is 1.25. The number of hydrogen-bond donors (Lipinski definition) is 3. The van der Waals surface area contributed by atoms with Crippen LogP contribution >= 0.6 is 0 Å². The summed E-state index contributed by atoms with van der Waals surface area (Å²) in [6, 6.07) is 0.258. The minimum atomic E-state index is -1.22. The third-order valence-electron chi connectivity index (χ3n) is 2.21. The molecule has 98 valence electrons. The lowest BCUT2D eigenvalue weighted by atomic mass is 10.1. The Bertz CT molecular complexity index is 429. The monoisotopic (exact) mass is 255 g/mol. The third kappa shape index (κ3) is 3.89. The average molecular weight is 255 g/mol. The molecule has 1 unspecified atom stereocenters. The van der Waals surface area contributed by atoms with Crippen molar-refractivity contribution in [2.24, 2.45) is 0 Å². The number of amides is 1. The molecule has 8 heteroatoms. The van der Waals surface area contributed by atoms with Crippen LogP contribution in [0.25, 0.3) is 0 Å². The second-order valence-corrected chi connectivity index (χ2v) is 3.45. The number of H-pyrrole nitrogens is 1. The average Bonchev–Trinajstić information content (AvgIpc) is 2.87. The maximum Gasteiger partial charge on any atom is 0.326 e. The van der Waals surface area contributed by atoms with E-state index < -0.39 is 23.9 Å². The Labute approximate surface area is 102 Å². The highest BCUT2D eigenvalue weighted by molar-refractivity contribution is 5.94. The van der Waals surface area contributed by atoms with Crippen LogP contribution < -0.4 is 5.32 Å². The van der Waals surface area contributed by atoms with Gasteiger partial charge < -0.3 is 15.2 Å². The van der Waals surface area contributed by atoms with E-state index in [4.69, 9.17) is 5.11 Å². The van der Waals surface area contributed by atoms with E-state index in [-0.39, 0.29) is 18.5 Å². The van der Waals surface area contributed by atoms with Gasteiger partial charge in [-0.3, -0.25) is 14.7 Å².